The molecule has 5 saturated heterocycles. The fourth-order valence-corrected chi connectivity index (χ4v) is 28.4. The number of esters is 10. The Kier molecular flexibility index (Phi) is 40.4. The third-order valence-corrected chi connectivity index (χ3v) is 40.4. The first-order valence-corrected chi connectivity index (χ1v) is 58.4. The summed E-state index contributed by atoms with van der Waals surface area (Å²) in [4.78, 5) is 117. The number of aliphatic hydroxyl groups is 2. The number of rotatable bonds is 28. The van der Waals surface area contributed by atoms with E-state index in [1.165, 1.54) is 117 Å². The lowest BCUT2D eigenvalue weighted by Crippen LogP contribution is -2.67. The van der Waals surface area contributed by atoms with Crippen LogP contribution in [0.1, 0.15) is 457 Å². The molecule has 16 saturated carbocycles. The molecular formula is C121H202O26. The molecule has 5 aliphatic heterocycles. The van der Waals surface area contributed by atoms with E-state index in [4.69, 9.17) is 56.8 Å². The SMILES string of the molecule is CCC(C)(C)C(=O)OC.CCC(C)(C)C(=O)OC.CCC(C)(C)C(=O)OC(C)OC(C)(C)C1CCCO1.CCC(C)(C)C(=O)OC12CC3CC(O)(CC(O)(C3)C1)C2.CCC(C)(C)C(=O)OC1C2CC3C(=O)OC1C3C2.CCC(C)(C)C(=O)OC1C2CC3C(=O)OC1C3C2.CCC(C)(C)C(=O)OC1OCCCC12CCCCC2.CCC(C)(C)C(CC12CC3CC(CC(C3)C1)C2)OC1CCCCC1.O=C1OCC2C3CCC(C3)C12. The summed E-state index contributed by atoms with van der Waals surface area (Å²) < 4.78 is 77.6. The van der Waals surface area contributed by atoms with Crippen LogP contribution in [-0.4, -0.2) is 182 Å². The second-order valence-corrected chi connectivity index (χ2v) is 55.1. The monoisotopic (exact) mass is 2070 g/mol. The minimum absolute atomic E-state index is 0.0767. The molecule has 0 aromatic rings. The minimum atomic E-state index is -0.842. The maximum Gasteiger partial charge on any atom is 0.313 e. The van der Waals surface area contributed by atoms with Crippen LogP contribution in [0, 0.1) is 137 Å². The zero-order valence-electron chi connectivity index (χ0n) is 96.8. The molecule has 20 unspecified atom stereocenters. The van der Waals surface area contributed by atoms with Crippen LogP contribution >= 0.6 is 0 Å². The summed E-state index contributed by atoms with van der Waals surface area (Å²) in [7, 11) is 2.83. The number of ether oxygens (including phenoxy) is 14. The van der Waals surface area contributed by atoms with E-state index in [0.29, 0.717) is 83.7 Å². The van der Waals surface area contributed by atoms with Crippen LogP contribution in [0.5, 0.6) is 0 Å². The summed E-state index contributed by atoms with van der Waals surface area (Å²) in [5.74, 6) is 6.14. The molecule has 26 heteroatoms. The van der Waals surface area contributed by atoms with E-state index in [2.05, 4.69) is 30.2 Å². The molecule has 14 bridgehead atoms. The van der Waals surface area contributed by atoms with Gasteiger partial charge >= 0.3 is 59.7 Å². The molecule has 0 aromatic carbocycles. The zero-order chi connectivity index (χ0) is 109. The van der Waals surface area contributed by atoms with Crippen molar-refractivity contribution in [3.8, 4) is 0 Å². The summed E-state index contributed by atoms with van der Waals surface area (Å²) in [5, 5.41) is 21.3. The van der Waals surface area contributed by atoms with Crippen molar-refractivity contribution in [1.82, 2.24) is 0 Å². The fraction of sp³-hybridized carbons (Fsp3) is 0.917. The predicted octanol–water partition coefficient (Wildman–Crippen LogP) is 24.5. The van der Waals surface area contributed by atoms with Gasteiger partial charge in [0, 0.05) is 60.9 Å². The third-order valence-electron chi connectivity index (χ3n) is 40.4. The standard InChI is InChI=1S/C23H40O.C16H26O4.C16H28O3.C15H28O4.2C14H20O4.C9H12O2.2C7H14O2/c1-4-22(2,3)21(24-20-8-6-5-7-9-20)16-23-13-17-10-18(14-23)12-19(11-17)15-23;1-4-13(2,3)12(17)20-16-7-11-5-14(18,9-16)8-15(19,6-11)10-16;1-4-15(2,3)13(17)19-14-16(11-8-12-18-14)9-6-5-7-10-16;1-7-14(3,4)13(16)18-11(2)19-15(5,6)12-9-8-10-17-12;2*1-4-14(2,3)13(16)18-10-7-5-8-9(6-7)12(15)17-11(8)10;10-9-8-6-2-1-5(3-6)7(8)4-11-9;2*1-5-7(2,3)6(8)9-4/h17-21H,4-16H2,1-3H3;11,18-19H,4-10H2,1-3H3;14H,4-12H2,1-3H3;11-12H,7-10H2,1-6H3;2*7-11H,4-6H2,1-3H3;5-8H,1-4H2;2*5H2,1-4H3. The first-order valence-electron chi connectivity index (χ1n) is 58.4. The van der Waals surface area contributed by atoms with Crippen LogP contribution in [0.2, 0.25) is 0 Å². The molecule has 20 atom stereocenters. The smallest absolute Gasteiger partial charge is 0.313 e. The first kappa shape index (κ1) is 122. The van der Waals surface area contributed by atoms with Crippen LogP contribution in [0.3, 0.4) is 0 Å². The van der Waals surface area contributed by atoms with Crippen LogP contribution in [-0.2, 0) is 114 Å². The molecule has 0 aromatic heterocycles. The maximum absolute atomic E-state index is 12.4. The van der Waals surface area contributed by atoms with E-state index in [-0.39, 0.29) is 131 Å². The Morgan fingerprint density at radius 1 is 0.408 bits per heavy atom. The van der Waals surface area contributed by atoms with Crippen LogP contribution in [0.25, 0.3) is 0 Å². The molecule has 5 heterocycles. The summed E-state index contributed by atoms with van der Waals surface area (Å²) in [6, 6.07) is 0. The van der Waals surface area contributed by atoms with Crippen LogP contribution in [0.15, 0.2) is 0 Å². The van der Waals surface area contributed by atoms with Gasteiger partial charge in [-0.05, 0) is 376 Å². The minimum Gasteiger partial charge on any atom is -0.469 e. The van der Waals surface area contributed by atoms with Crippen molar-refractivity contribution in [3.05, 3.63) is 0 Å². The zero-order valence-corrected chi connectivity index (χ0v) is 96.8. The van der Waals surface area contributed by atoms with Gasteiger partial charge in [0.2, 0.25) is 12.6 Å². The Morgan fingerprint density at radius 3 is 1.27 bits per heavy atom. The third kappa shape index (κ3) is 29.0. The summed E-state index contributed by atoms with van der Waals surface area (Å²) in [6.45, 7) is 55.7. The van der Waals surface area contributed by atoms with Crippen molar-refractivity contribution >= 4 is 59.7 Å². The lowest BCUT2D eigenvalue weighted by atomic mass is 9.48. The molecule has 147 heavy (non-hydrogen) atoms. The fourth-order valence-electron chi connectivity index (χ4n) is 28.4. The lowest BCUT2D eigenvalue weighted by molar-refractivity contribution is -0.264. The molecule has 16 aliphatic carbocycles. The second kappa shape index (κ2) is 48.9. The molecule has 2 N–H and O–H groups in total. The van der Waals surface area contributed by atoms with Crippen molar-refractivity contribution in [3.63, 3.8) is 0 Å². The molecule has 1 spiro atoms. The van der Waals surface area contributed by atoms with E-state index >= 15 is 0 Å². The van der Waals surface area contributed by atoms with Crippen LogP contribution < -0.4 is 0 Å². The normalized spacial score (nSPS) is 34.8. The summed E-state index contributed by atoms with van der Waals surface area (Å²) in [5.41, 5.74) is -4.58. The van der Waals surface area contributed by atoms with Gasteiger partial charge in [0.05, 0.1) is 118 Å². The highest BCUT2D eigenvalue weighted by atomic mass is 16.7. The molecule has 21 aliphatic rings. The second-order valence-electron chi connectivity index (χ2n) is 55.1. The predicted molar refractivity (Wildman–Crippen MR) is 561 cm³/mol. The Bertz CT molecular complexity index is 4230. The van der Waals surface area contributed by atoms with E-state index in [9.17, 15) is 58.2 Å². The maximum atomic E-state index is 12.4. The highest BCUT2D eigenvalue weighted by molar-refractivity contribution is 5.81. The number of carbonyl (C=O) groups excluding carboxylic acids is 10. The molecule has 26 nitrogen and oxygen atoms in total. The Balaban J connectivity index is 0.000000159. The summed E-state index contributed by atoms with van der Waals surface area (Å²) >= 11 is 0. The van der Waals surface area contributed by atoms with E-state index in [0.717, 1.165) is 172 Å². The van der Waals surface area contributed by atoms with E-state index in [1.807, 2.05) is 159 Å². The van der Waals surface area contributed by atoms with Gasteiger partial charge in [-0.2, -0.15) is 0 Å². The molecule has 0 amide bonds. The number of carbonyl (C=O) groups is 10. The topological polar surface area (TPSA) is 340 Å². The van der Waals surface area contributed by atoms with Crippen molar-refractivity contribution in [1.29, 1.82) is 0 Å². The highest BCUT2D eigenvalue weighted by Crippen LogP contribution is 2.65. The average molecular weight is 2070 g/mol. The number of fused-ring (bicyclic) bond motifs is 7. The van der Waals surface area contributed by atoms with E-state index < -0.39 is 55.8 Å². The molecular weight excluding hydrogens is 1870 g/mol. The van der Waals surface area contributed by atoms with Crippen LogP contribution in [0.4, 0.5) is 0 Å². The first-order chi connectivity index (χ1) is 68.6. The summed E-state index contributed by atoms with van der Waals surface area (Å²) in [6.07, 6.45) is 45.3. The highest BCUT2D eigenvalue weighted by Gasteiger charge is 2.68. The van der Waals surface area contributed by atoms with Gasteiger partial charge in [-0.15, -0.1) is 0 Å². The number of hydrogen-bond donors (Lipinski definition) is 2. The molecule has 21 rings (SSSR count). The van der Waals surface area contributed by atoms with Gasteiger partial charge in [0.15, 0.2) is 0 Å². The van der Waals surface area contributed by atoms with Gasteiger partial charge in [-0.1, -0.05) is 108 Å². The van der Waals surface area contributed by atoms with Gasteiger partial charge in [-0.3, -0.25) is 47.9 Å². The quantitative estimate of drug-likeness (QED) is 0.0417. The van der Waals surface area contributed by atoms with Gasteiger partial charge < -0.3 is 76.5 Å². The van der Waals surface area contributed by atoms with Crippen molar-refractivity contribution < 1.29 is 124 Å². The van der Waals surface area contributed by atoms with Gasteiger partial charge in [0.25, 0.3) is 0 Å². The van der Waals surface area contributed by atoms with Crippen molar-refractivity contribution in [2.75, 3.05) is 34.0 Å². The van der Waals surface area contributed by atoms with Gasteiger partial charge in [0.1, 0.15) is 30.0 Å². The van der Waals surface area contributed by atoms with Gasteiger partial charge in [-0.25, -0.2) is 0 Å². The van der Waals surface area contributed by atoms with E-state index in [1.54, 1.807) is 26.2 Å². The Hall–Kier alpha value is -5.54. The van der Waals surface area contributed by atoms with Crippen molar-refractivity contribution in [2.24, 2.45) is 137 Å². The molecule has 0 radical (unpaired) electrons. The largest absolute Gasteiger partial charge is 0.469 e. The lowest BCUT2D eigenvalue weighted by Gasteiger charge is -2.62. The van der Waals surface area contributed by atoms with Crippen molar-refractivity contribution in [2.45, 2.75) is 534 Å². The Morgan fingerprint density at radius 2 is 0.837 bits per heavy atom. The number of hydrogen-bond acceptors (Lipinski definition) is 26. The Labute approximate surface area is 884 Å². The molecule has 842 valence electrons. The number of methoxy groups -OCH3 is 2. The number of cyclic esters (lactones) is 1. The molecule has 21 fully saturated rings. The average Bonchev–Trinajstić information content (AvgIpc) is 1.71.